The van der Waals surface area contributed by atoms with Crippen LogP contribution >= 0.6 is 11.6 Å². The van der Waals surface area contributed by atoms with E-state index < -0.39 is 24.5 Å². The molecule has 0 saturated heterocycles. The maximum Gasteiger partial charge on any atom is 0.338 e. The Balaban J connectivity index is 1.95. The Hall–Kier alpha value is -3.26. The number of esters is 2. The van der Waals surface area contributed by atoms with E-state index >= 15 is 0 Å². The Morgan fingerprint density at radius 2 is 1.75 bits per heavy atom. The number of aromatic hydroxyl groups is 1. The van der Waals surface area contributed by atoms with Gasteiger partial charge in [0.05, 0.1) is 29.9 Å². The van der Waals surface area contributed by atoms with E-state index in [-0.39, 0.29) is 28.7 Å². The van der Waals surface area contributed by atoms with Crippen molar-refractivity contribution in [1.82, 2.24) is 0 Å². The number of anilines is 1. The molecule has 2 rings (SSSR count). The van der Waals surface area contributed by atoms with E-state index in [0.717, 1.165) is 0 Å². The first-order valence-electron chi connectivity index (χ1n) is 8.16. The van der Waals surface area contributed by atoms with E-state index in [9.17, 15) is 19.5 Å². The van der Waals surface area contributed by atoms with E-state index in [2.05, 4.69) is 10.1 Å². The lowest BCUT2D eigenvalue weighted by molar-refractivity contribution is -0.119. The standard InChI is InChI=1S/C19H18ClNO7/c1-3-27-15-9-12(8-14(20)17(15)23)19(25)28-10-16(22)21-13-6-4-11(5-7-13)18(24)26-2/h4-9,23H,3,10H2,1-2H3,(H,21,22). The van der Waals surface area contributed by atoms with Gasteiger partial charge in [-0.25, -0.2) is 9.59 Å². The van der Waals surface area contributed by atoms with Crippen LogP contribution in [0.4, 0.5) is 5.69 Å². The number of ether oxygens (including phenoxy) is 3. The average Bonchev–Trinajstić information content (AvgIpc) is 2.69. The smallest absolute Gasteiger partial charge is 0.338 e. The highest BCUT2D eigenvalue weighted by atomic mass is 35.5. The fourth-order valence-electron chi connectivity index (χ4n) is 2.18. The number of rotatable bonds is 7. The normalized spacial score (nSPS) is 10.1. The Labute approximate surface area is 166 Å². The van der Waals surface area contributed by atoms with Crippen LogP contribution in [0.15, 0.2) is 36.4 Å². The quantitative estimate of drug-likeness (QED) is 0.678. The molecule has 28 heavy (non-hydrogen) atoms. The third-order valence-electron chi connectivity index (χ3n) is 3.49. The van der Waals surface area contributed by atoms with Crippen molar-refractivity contribution in [3.05, 3.63) is 52.5 Å². The fourth-order valence-corrected chi connectivity index (χ4v) is 2.39. The Bertz CT molecular complexity index is 881. The summed E-state index contributed by atoms with van der Waals surface area (Å²) in [4.78, 5) is 35.4. The van der Waals surface area contributed by atoms with Crippen LogP contribution in [0.2, 0.25) is 5.02 Å². The number of methoxy groups -OCH3 is 1. The maximum absolute atomic E-state index is 12.1. The molecule has 0 bridgehead atoms. The number of hydrogen-bond donors (Lipinski definition) is 2. The van der Waals surface area contributed by atoms with Gasteiger partial charge in [0.25, 0.3) is 5.91 Å². The summed E-state index contributed by atoms with van der Waals surface area (Å²) in [7, 11) is 1.27. The van der Waals surface area contributed by atoms with Gasteiger partial charge in [0.2, 0.25) is 0 Å². The van der Waals surface area contributed by atoms with Crippen LogP contribution in [0.1, 0.15) is 27.6 Å². The Morgan fingerprint density at radius 1 is 1.07 bits per heavy atom. The third-order valence-corrected chi connectivity index (χ3v) is 3.78. The van der Waals surface area contributed by atoms with Gasteiger partial charge in [-0.2, -0.15) is 0 Å². The van der Waals surface area contributed by atoms with Crippen LogP contribution in [-0.4, -0.2) is 43.3 Å². The second-order valence-electron chi connectivity index (χ2n) is 5.43. The van der Waals surface area contributed by atoms with Crippen molar-refractivity contribution in [2.45, 2.75) is 6.92 Å². The van der Waals surface area contributed by atoms with Gasteiger partial charge in [0.1, 0.15) is 0 Å². The summed E-state index contributed by atoms with van der Waals surface area (Å²) in [5.41, 5.74) is 0.780. The number of hydrogen-bond acceptors (Lipinski definition) is 7. The summed E-state index contributed by atoms with van der Waals surface area (Å²) < 4.78 is 14.7. The summed E-state index contributed by atoms with van der Waals surface area (Å²) in [6.07, 6.45) is 0. The van der Waals surface area contributed by atoms with E-state index in [1.54, 1.807) is 6.92 Å². The first kappa shape index (κ1) is 21.0. The summed E-state index contributed by atoms with van der Waals surface area (Å²) in [5.74, 6) is -2.12. The van der Waals surface area contributed by atoms with Gasteiger partial charge in [0.15, 0.2) is 18.1 Å². The molecule has 0 aliphatic rings. The zero-order valence-corrected chi connectivity index (χ0v) is 15.9. The second kappa shape index (κ2) is 9.61. The van der Waals surface area contributed by atoms with Crippen LogP contribution in [0.25, 0.3) is 0 Å². The third kappa shape index (κ3) is 5.37. The van der Waals surface area contributed by atoms with Gasteiger partial charge >= 0.3 is 11.9 Å². The zero-order valence-electron chi connectivity index (χ0n) is 15.2. The number of amides is 1. The zero-order chi connectivity index (χ0) is 20.7. The molecule has 0 aromatic heterocycles. The highest BCUT2D eigenvalue weighted by Crippen LogP contribution is 2.35. The molecule has 2 N–H and O–H groups in total. The summed E-state index contributed by atoms with van der Waals surface area (Å²) >= 11 is 5.86. The molecule has 2 aromatic carbocycles. The molecular weight excluding hydrogens is 390 g/mol. The summed E-state index contributed by atoms with van der Waals surface area (Å²) in [6, 6.07) is 8.49. The molecule has 0 saturated carbocycles. The fraction of sp³-hybridized carbons (Fsp3) is 0.211. The molecule has 0 fully saturated rings. The molecule has 9 heteroatoms. The number of phenols is 1. The molecule has 148 valence electrons. The Kier molecular flexibility index (Phi) is 7.22. The summed E-state index contributed by atoms with van der Waals surface area (Å²) in [6.45, 7) is 1.43. The van der Waals surface area contributed by atoms with Crippen molar-refractivity contribution in [3.63, 3.8) is 0 Å². The first-order valence-corrected chi connectivity index (χ1v) is 8.54. The van der Waals surface area contributed by atoms with Crippen LogP contribution in [0, 0.1) is 0 Å². The van der Waals surface area contributed by atoms with Gasteiger partial charge in [0, 0.05) is 5.69 Å². The van der Waals surface area contributed by atoms with E-state index in [0.29, 0.717) is 11.3 Å². The molecule has 8 nitrogen and oxygen atoms in total. The van der Waals surface area contributed by atoms with Crippen LogP contribution in [-0.2, 0) is 14.3 Å². The molecule has 0 spiro atoms. The van der Waals surface area contributed by atoms with Gasteiger partial charge in [-0.3, -0.25) is 4.79 Å². The number of carbonyl (C=O) groups is 3. The van der Waals surface area contributed by atoms with Crippen LogP contribution in [0.3, 0.4) is 0 Å². The molecule has 1 amide bonds. The predicted molar refractivity (Wildman–Crippen MR) is 101 cm³/mol. The summed E-state index contributed by atoms with van der Waals surface area (Å²) in [5, 5.41) is 12.2. The molecule has 0 aliphatic carbocycles. The molecule has 0 atom stereocenters. The minimum Gasteiger partial charge on any atom is -0.503 e. The number of halogens is 1. The van der Waals surface area contributed by atoms with Gasteiger partial charge in [-0.1, -0.05) is 11.6 Å². The number of phenolic OH excluding ortho intramolecular Hbond substituents is 1. The lowest BCUT2D eigenvalue weighted by atomic mass is 10.2. The van der Waals surface area contributed by atoms with E-state index in [1.807, 2.05) is 0 Å². The van der Waals surface area contributed by atoms with Crippen molar-refractivity contribution in [2.24, 2.45) is 0 Å². The first-order chi connectivity index (χ1) is 13.3. The molecule has 0 radical (unpaired) electrons. The number of benzene rings is 2. The van der Waals surface area contributed by atoms with Crippen molar-refractivity contribution in [1.29, 1.82) is 0 Å². The highest BCUT2D eigenvalue weighted by Gasteiger charge is 2.16. The maximum atomic E-state index is 12.1. The number of carbonyl (C=O) groups excluding carboxylic acids is 3. The van der Waals surface area contributed by atoms with Crippen molar-refractivity contribution in [3.8, 4) is 11.5 Å². The van der Waals surface area contributed by atoms with Gasteiger partial charge in [-0.15, -0.1) is 0 Å². The molecule has 2 aromatic rings. The molecular formula is C19H18ClNO7. The predicted octanol–water partition coefficient (Wildman–Crippen LogP) is 3.03. The molecule has 0 heterocycles. The monoisotopic (exact) mass is 407 g/mol. The topological polar surface area (TPSA) is 111 Å². The largest absolute Gasteiger partial charge is 0.503 e. The lowest BCUT2D eigenvalue weighted by Gasteiger charge is -2.10. The van der Waals surface area contributed by atoms with Crippen molar-refractivity contribution < 1.29 is 33.7 Å². The van der Waals surface area contributed by atoms with Crippen LogP contribution in [0.5, 0.6) is 11.5 Å². The average molecular weight is 408 g/mol. The van der Waals surface area contributed by atoms with Crippen LogP contribution < -0.4 is 10.1 Å². The van der Waals surface area contributed by atoms with E-state index in [4.69, 9.17) is 21.1 Å². The number of nitrogens with one attached hydrogen (secondary N) is 1. The second-order valence-corrected chi connectivity index (χ2v) is 5.84. The van der Waals surface area contributed by atoms with Crippen molar-refractivity contribution in [2.75, 3.05) is 25.6 Å². The SMILES string of the molecule is CCOc1cc(C(=O)OCC(=O)Nc2ccc(C(=O)OC)cc2)cc(Cl)c1O. The molecule has 0 unspecified atom stereocenters. The van der Waals surface area contributed by atoms with Crippen molar-refractivity contribution >= 4 is 35.1 Å². The Morgan fingerprint density at radius 3 is 2.36 bits per heavy atom. The lowest BCUT2D eigenvalue weighted by Crippen LogP contribution is -2.21. The minimum atomic E-state index is -0.806. The highest BCUT2D eigenvalue weighted by molar-refractivity contribution is 6.32. The van der Waals surface area contributed by atoms with E-state index in [1.165, 1.54) is 43.5 Å². The minimum absolute atomic E-state index is 0.0291. The van der Waals surface area contributed by atoms with Gasteiger partial charge < -0.3 is 24.6 Å². The van der Waals surface area contributed by atoms with Gasteiger partial charge in [-0.05, 0) is 43.3 Å². The molecule has 0 aliphatic heterocycles.